The minimum absolute atomic E-state index is 0.0154. The molecule has 0 bridgehead atoms. The van der Waals surface area contributed by atoms with Gasteiger partial charge in [-0.05, 0) is 58.1 Å². The molecule has 0 fully saturated rings. The molecule has 27 heavy (non-hydrogen) atoms. The van der Waals surface area contributed by atoms with Crippen molar-refractivity contribution in [2.45, 2.75) is 39.2 Å². The fourth-order valence-electron chi connectivity index (χ4n) is 3.00. The molecule has 5 nitrogen and oxygen atoms in total. The topological polar surface area (TPSA) is 66.5 Å². The Morgan fingerprint density at radius 2 is 1.59 bits per heavy atom. The Morgan fingerprint density at radius 1 is 1.04 bits per heavy atom. The molecular formula is C21H21BrN2O3. The second kappa shape index (κ2) is 6.93. The number of amides is 3. The molecule has 1 N–H and O–H groups in total. The Bertz CT molecular complexity index is 912. The average Bonchev–Trinajstić information content (AvgIpc) is 2.86. The van der Waals surface area contributed by atoms with Crippen LogP contribution in [0, 0.1) is 0 Å². The lowest BCUT2D eigenvalue weighted by molar-refractivity contribution is -0.119. The largest absolute Gasteiger partial charge is 0.323 e. The molecule has 0 aromatic heterocycles. The molecule has 2 aromatic rings. The smallest absolute Gasteiger partial charge is 0.262 e. The first kappa shape index (κ1) is 19.3. The van der Waals surface area contributed by atoms with Crippen molar-refractivity contribution >= 4 is 39.3 Å². The quantitative estimate of drug-likeness (QED) is 0.737. The molecule has 2 aromatic carbocycles. The van der Waals surface area contributed by atoms with Crippen LogP contribution in [0.4, 0.5) is 5.69 Å². The van der Waals surface area contributed by atoms with E-state index < -0.39 is 23.8 Å². The van der Waals surface area contributed by atoms with Gasteiger partial charge in [0.05, 0.1) is 16.8 Å². The summed E-state index contributed by atoms with van der Waals surface area (Å²) in [6.45, 7) is 7.88. The van der Waals surface area contributed by atoms with Crippen LogP contribution in [-0.2, 0) is 10.2 Å². The van der Waals surface area contributed by atoms with E-state index in [1.165, 1.54) is 0 Å². The van der Waals surface area contributed by atoms with Gasteiger partial charge in [-0.25, -0.2) is 0 Å². The molecule has 140 valence electrons. The Kier molecular flexibility index (Phi) is 4.95. The zero-order valence-electron chi connectivity index (χ0n) is 15.7. The first-order valence-corrected chi connectivity index (χ1v) is 9.48. The predicted molar refractivity (Wildman–Crippen MR) is 108 cm³/mol. The van der Waals surface area contributed by atoms with Gasteiger partial charge in [0.2, 0.25) is 5.91 Å². The first-order chi connectivity index (χ1) is 12.6. The van der Waals surface area contributed by atoms with E-state index in [1.807, 2.05) is 18.2 Å². The van der Waals surface area contributed by atoms with E-state index in [0.29, 0.717) is 16.8 Å². The lowest BCUT2D eigenvalue weighted by Gasteiger charge is -2.23. The molecule has 3 rings (SSSR count). The third kappa shape index (κ3) is 3.54. The van der Waals surface area contributed by atoms with E-state index >= 15 is 0 Å². The summed E-state index contributed by atoms with van der Waals surface area (Å²) >= 11 is 3.49. The fraction of sp³-hybridized carbons (Fsp3) is 0.286. The first-order valence-electron chi connectivity index (χ1n) is 8.69. The average molecular weight is 429 g/mol. The highest BCUT2D eigenvalue weighted by molar-refractivity contribution is 9.10. The van der Waals surface area contributed by atoms with Gasteiger partial charge in [0, 0.05) is 4.47 Å². The highest BCUT2D eigenvalue weighted by atomic mass is 79.9. The van der Waals surface area contributed by atoms with Crippen LogP contribution in [0.3, 0.4) is 0 Å². The highest BCUT2D eigenvalue weighted by Crippen LogP contribution is 2.31. The maximum absolute atomic E-state index is 12.7. The number of fused-ring (bicyclic) bond motifs is 1. The van der Waals surface area contributed by atoms with Gasteiger partial charge in [-0.2, -0.15) is 0 Å². The van der Waals surface area contributed by atoms with E-state index in [4.69, 9.17) is 0 Å². The Labute approximate surface area is 166 Å². The van der Waals surface area contributed by atoms with Gasteiger partial charge < -0.3 is 5.32 Å². The van der Waals surface area contributed by atoms with E-state index in [-0.39, 0.29) is 5.41 Å². The van der Waals surface area contributed by atoms with E-state index in [9.17, 15) is 14.4 Å². The summed E-state index contributed by atoms with van der Waals surface area (Å²) < 4.78 is 0.748. The van der Waals surface area contributed by atoms with Gasteiger partial charge >= 0.3 is 0 Å². The summed E-state index contributed by atoms with van der Waals surface area (Å²) in [5.41, 5.74) is 2.37. The van der Waals surface area contributed by atoms with E-state index in [2.05, 4.69) is 42.0 Å². The third-order valence-electron chi connectivity index (χ3n) is 4.69. The molecule has 0 saturated heterocycles. The van der Waals surface area contributed by atoms with Crippen LogP contribution in [0.1, 0.15) is 54.0 Å². The number of hydrogen-bond donors (Lipinski definition) is 1. The molecular weight excluding hydrogens is 408 g/mol. The molecule has 1 aliphatic heterocycles. The maximum atomic E-state index is 12.7. The Morgan fingerprint density at radius 3 is 2.07 bits per heavy atom. The summed E-state index contributed by atoms with van der Waals surface area (Å²) in [6, 6.07) is 11.4. The molecule has 1 aliphatic rings. The van der Waals surface area contributed by atoms with E-state index in [0.717, 1.165) is 14.9 Å². The van der Waals surface area contributed by atoms with Crippen LogP contribution in [0.2, 0.25) is 0 Å². The number of carbonyl (C=O) groups excluding carboxylic acids is 3. The van der Waals surface area contributed by atoms with Crippen molar-refractivity contribution in [1.29, 1.82) is 0 Å². The minimum Gasteiger partial charge on any atom is -0.323 e. The number of anilines is 1. The molecule has 0 aliphatic carbocycles. The molecule has 1 atom stereocenters. The monoisotopic (exact) mass is 428 g/mol. The van der Waals surface area contributed by atoms with Crippen molar-refractivity contribution in [3.05, 3.63) is 63.6 Å². The molecule has 0 spiro atoms. The second-order valence-electron chi connectivity index (χ2n) is 7.64. The van der Waals surface area contributed by atoms with Gasteiger partial charge in [0.1, 0.15) is 6.04 Å². The lowest BCUT2D eigenvalue weighted by Crippen LogP contribution is -2.45. The van der Waals surface area contributed by atoms with Crippen LogP contribution in [0.25, 0.3) is 0 Å². The van der Waals surface area contributed by atoms with Gasteiger partial charge in [0.15, 0.2) is 0 Å². The molecule has 0 radical (unpaired) electrons. The Hall–Kier alpha value is -2.47. The zero-order chi connectivity index (χ0) is 19.9. The molecule has 1 unspecified atom stereocenters. The predicted octanol–water partition coefficient (Wildman–Crippen LogP) is 4.37. The standard InChI is InChI=1S/C21H21BrN2O3/c1-12(24-19(26)14-7-5-6-8-15(14)20(24)27)18(25)23-17-10-9-13(11-16(17)22)21(2,3)4/h5-12H,1-4H3,(H,23,25). The Balaban J connectivity index is 1.80. The highest BCUT2D eigenvalue weighted by Gasteiger charge is 2.40. The molecule has 3 amide bonds. The van der Waals surface area contributed by atoms with Crippen LogP contribution >= 0.6 is 15.9 Å². The molecule has 1 heterocycles. The summed E-state index contributed by atoms with van der Waals surface area (Å²) in [7, 11) is 0. The molecule has 6 heteroatoms. The van der Waals surface area contributed by atoms with Crippen LogP contribution < -0.4 is 5.32 Å². The maximum Gasteiger partial charge on any atom is 0.262 e. The number of imide groups is 1. The zero-order valence-corrected chi connectivity index (χ0v) is 17.3. The number of carbonyl (C=O) groups is 3. The molecule has 0 saturated carbocycles. The van der Waals surface area contributed by atoms with Crippen molar-refractivity contribution in [2.75, 3.05) is 5.32 Å². The van der Waals surface area contributed by atoms with Crippen molar-refractivity contribution < 1.29 is 14.4 Å². The number of benzene rings is 2. The van der Waals surface area contributed by atoms with Crippen LogP contribution in [0.15, 0.2) is 46.9 Å². The van der Waals surface area contributed by atoms with Gasteiger partial charge in [0.25, 0.3) is 11.8 Å². The normalized spacial score (nSPS) is 14.9. The summed E-state index contributed by atoms with van der Waals surface area (Å²) in [5.74, 6) is -1.31. The van der Waals surface area contributed by atoms with Gasteiger partial charge in [-0.15, -0.1) is 0 Å². The fourth-order valence-corrected chi connectivity index (χ4v) is 3.47. The van der Waals surface area contributed by atoms with Gasteiger partial charge in [-0.3, -0.25) is 19.3 Å². The SMILES string of the molecule is CC(C(=O)Nc1ccc(C(C)(C)C)cc1Br)N1C(=O)c2ccccc2C1=O. The summed E-state index contributed by atoms with van der Waals surface area (Å²) in [5, 5.41) is 2.80. The lowest BCUT2D eigenvalue weighted by atomic mass is 9.87. The second-order valence-corrected chi connectivity index (χ2v) is 8.49. The summed E-state index contributed by atoms with van der Waals surface area (Å²) in [6.07, 6.45) is 0. The van der Waals surface area contributed by atoms with Crippen molar-refractivity contribution in [1.82, 2.24) is 4.90 Å². The van der Waals surface area contributed by atoms with Crippen molar-refractivity contribution in [3.63, 3.8) is 0 Å². The number of halogens is 1. The number of hydrogen-bond acceptors (Lipinski definition) is 3. The van der Waals surface area contributed by atoms with Crippen LogP contribution in [0.5, 0.6) is 0 Å². The number of nitrogens with one attached hydrogen (secondary N) is 1. The van der Waals surface area contributed by atoms with E-state index in [1.54, 1.807) is 31.2 Å². The third-order valence-corrected chi connectivity index (χ3v) is 5.34. The van der Waals surface area contributed by atoms with Gasteiger partial charge in [-0.1, -0.05) is 39.0 Å². The number of nitrogens with zero attached hydrogens (tertiary/aromatic N) is 1. The van der Waals surface area contributed by atoms with Crippen molar-refractivity contribution in [2.24, 2.45) is 0 Å². The summed E-state index contributed by atoms with van der Waals surface area (Å²) in [4.78, 5) is 38.8. The van der Waals surface area contributed by atoms with Crippen molar-refractivity contribution in [3.8, 4) is 0 Å². The van der Waals surface area contributed by atoms with Crippen LogP contribution in [-0.4, -0.2) is 28.7 Å². The number of rotatable bonds is 3. The minimum atomic E-state index is -0.924.